The summed E-state index contributed by atoms with van der Waals surface area (Å²) < 4.78 is 13.1. The number of hydrogen-bond donors (Lipinski definition) is 1. The molecule has 0 spiro atoms. The van der Waals surface area contributed by atoms with Gasteiger partial charge in [0.25, 0.3) is 0 Å². The van der Waals surface area contributed by atoms with Crippen LogP contribution in [0.1, 0.15) is 25.3 Å². The predicted molar refractivity (Wildman–Crippen MR) is 85.9 cm³/mol. The molecule has 1 saturated heterocycles. The number of halogens is 2. The topological polar surface area (TPSA) is 35.8 Å². The Kier molecular flexibility index (Phi) is 4.76. The first-order valence-corrected chi connectivity index (χ1v) is 7.51. The molecule has 0 amide bonds. The lowest BCUT2D eigenvalue weighted by molar-refractivity contribution is -0.0728. The average molecular weight is 361 g/mol. The number of nitrogens with zero attached hydrogens (tertiary/aromatic N) is 2. The minimum Gasteiger partial charge on any atom is -0.366 e. The van der Waals surface area contributed by atoms with Gasteiger partial charge < -0.3 is 10.0 Å². The molecule has 0 radical (unpaired) electrons. The van der Waals surface area contributed by atoms with Crippen molar-refractivity contribution in [1.29, 1.82) is 0 Å². The average Bonchev–Trinajstić information content (AvgIpc) is 2.74. The summed E-state index contributed by atoms with van der Waals surface area (Å²) in [5.74, 6) is -0.279. The monoisotopic (exact) mass is 360 g/mol. The van der Waals surface area contributed by atoms with E-state index in [-0.39, 0.29) is 28.0 Å². The van der Waals surface area contributed by atoms with Crippen molar-refractivity contribution in [2.45, 2.75) is 30.7 Å². The normalized spacial score (nSPS) is 28.6. The van der Waals surface area contributed by atoms with Gasteiger partial charge in [-0.15, -0.1) is 17.0 Å². The molecule has 3 rings (SSSR count). The summed E-state index contributed by atoms with van der Waals surface area (Å²) >= 11 is 1.63. The number of rotatable bonds is 2. The van der Waals surface area contributed by atoms with E-state index in [1.807, 2.05) is 4.90 Å². The Balaban J connectivity index is 0.00000147. The highest BCUT2D eigenvalue weighted by Crippen LogP contribution is 2.47. The molecular formula is C14H18BrFN2OS. The third-order valence-electron chi connectivity index (χ3n) is 3.77. The maximum Gasteiger partial charge on any atom is 0.178 e. The van der Waals surface area contributed by atoms with Crippen LogP contribution < -0.4 is 0 Å². The lowest BCUT2D eigenvalue weighted by Gasteiger charge is -2.38. The van der Waals surface area contributed by atoms with Gasteiger partial charge in [0.15, 0.2) is 10.9 Å². The van der Waals surface area contributed by atoms with Gasteiger partial charge in [-0.25, -0.2) is 4.39 Å². The molecule has 0 aliphatic carbocycles. The van der Waals surface area contributed by atoms with Gasteiger partial charge in [-0.2, -0.15) is 0 Å². The van der Waals surface area contributed by atoms with Crippen LogP contribution in [0, 0.1) is 5.82 Å². The summed E-state index contributed by atoms with van der Waals surface area (Å²) in [4.78, 5) is 6.47. The van der Waals surface area contributed by atoms with Crippen molar-refractivity contribution in [3.8, 4) is 0 Å². The summed E-state index contributed by atoms with van der Waals surface area (Å²) in [7, 11) is 0. The Morgan fingerprint density at radius 3 is 2.80 bits per heavy atom. The van der Waals surface area contributed by atoms with E-state index < -0.39 is 5.72 Å². The first kappa shape index (κ1) is 15.8. The van der Waals surface area contributed by atoms with Gasteiger partial charge in [-0.3, -0.25) is 4.99 Å². The van der Waals surface area contributed by atoms with Crippen molar-refractivity contribution in [2.24, 2.45) is 4.99 Å². The molecule has 2 aliphatic heterocycles. The lowest BCUT2D eigenvalue weighted by Crippen LogP contribution is -2.50. The molecule has 0 saturated carbocycles. The fraction of sp³-hybridized carbons (Fsp3) is 0.500. The number of amidine groups is 1. The standard InChI is InChI=1S/C14H17FN2OS.BrH/c1-2-12-14(18,10-4-6-11(15)7-5-10)17-9-3-8-16-13(17)19-12;/h4-7,12,18H,2-3,8-9H2,1H3;1H. The third-order valence-corrected chi connectivity index (χ3v) is 5.27. The van der Waals surface area contributed by atoms with Gasteiger partial charge in [0.2, 0.25) is 0 Å². The Morgan fingerprint density at radius 1 is 1.45 bits per heavy atom. The highest BCUT2D eigenvalue weighted by Gasteiger charge is 2.52. The second-order valence-electron chi connectivity index (χ2n) is 4.92. The number of fused-ring (bicyclic) bond motifs is 1. The predicted octanol–water partition coefficient (Wildman–Crippen LogP) is 3.14. The number of hydrogen-bond acceptors (Lipinski definition) is 4. The minimum atomic E-state index is -1.06. The maximum atomic E-state index is 13.1. The summed E-state index contributed by atoms with van der Waals surface area (Å²) in [5.41, 5.74) is -0.313. The van der Waals surface area contributed by atoms with Crippen LogP contribution >= 0.6 is 28.7 Å². The highest BCUT2D eigenvalue weighted by molar-refractivity contribution is 8.93. The molecule has 6 heteroatoms. The fourth-order valence-electron chi connectivity index (χ4n) is 2.79. The number of aliphatic imine (C=N–C) groups is 1. The van der Waals surface area contributed by atoms with Crippen LogP contribution in [-0.2, 0) is 5.72 Å². The van der Waals surface area contributed by atoms with Crippen LogP contribution in [0.5, 0.6) is 0 Å². The van der Waals surface area contributed by atoms with Gasteiger partial charge >= 0.3 is 0 Å². The molecule has 0 bridgehead atoms. The smallest absolute Gasteiger partial charge is 0.178 e. The fourth-order valence-corrected chi connectivity index (χ4v) is 4.16. The summed E-state index contributed by atoms with van der Waals surface area (Å²) in [6.07, 6.45) is 1.79. The molecule has 1 aromatic carbocycles. The summed E-state index contributed by atoms with van der Waals surface area (Å²) in [6, 6.07) is 6.17. The van der Waals surface area contributed by atoms with Crippen molar-refractivity contribution < 1.29 is 9.50 Å². The van der Waals surface area contributed by atoms with Crippen molar-refractivity contribution in [3.05, 3.63) is 35.6 Å². The van der Waals surface area contributed by atoms with Crippen LogP contribution in [-0.4, -0.2) is 33.5 Å². The molecule has 110 valence electrons. The molecule has 2 aliphatic rings. The largest absolute Gasteiger partial charge is 0.366 e. The molecule has 1 N–H and O–H groups in total. The van der Waals surface area contributed by atoms with E-state index >= 15 is 0 Å². The van der Waals surface area contributed by atoms with Gasteiger partial charge in [-0.05, 0) is 25.0 Å². The molecule has 0 aromatic heterocycles. The van der Waals surface area contributed by atoms with Crippen molar-refractivity contribution in [3.63, 3.8) is 0 Å². The van der Waals surface area contributed by atoms with Crippen molar-refractivity contribution >= 4 is 33.9 Å². The number of aliphatic hydroxyl groups is 1. The highest BCUT2D eigenvalue weighted by atomic mass is 79.9. The molecule has 1 fully saturated rings. The molecule has 1 aromatic rings. The summed E-state index contributed by atoms with van der Waals surface area (Å²) in [6.45, 7) is 3.69. The maximum absolute atomic E-state index is 13.1. The van der Waals surface area contributed by atoms with E-state index in [1.165, 1.54) is 12.1 Å². The minimum absolute atomic E-state index is 0. The van der Waals surface area contributed by atoms with E-state index in [0.29, 0.717) is 0 Å². The molecule has 20 heavy (non-hydrogen) atoms. The quantitative estimate of drug-likeness (QED) is 0.879. The number of thioether (sulfide) groups is 1. The SMILES string of the molecule is Br.CCC1SC2=NCCCN2C1(O)c1ccc(F)cc1. The van der Waals surface area contributed by atoms with Crippen LogP contribution in [0.15, 0.2) is 29.3 Å². The Labute approximate surface area is 133 Å². The van der Waals surface area contributed by atoms with Crippen molar-refractivity contribution in [2.75, 3.05) is 13.1 Å². The van der Waals surface area contributed by atoms with E-state index in [9.17, 15) is 9.50 Å². The molecule has 3 nitrogen and oxygen atoms in total. The molecular weight excluding hydrogens is 343 g/mol. The zero-order chi connectivity index (χ0) is 13.5. The van der Waals surface area contributed by atoms with Gasteiger partial charge in [0.05, 0.1) is 5.25 Å². The second-order valence-corrected chi connectivity index (χ2v) is 6.09. The van der Waals surface area contributed by atoms with Gasteiger partial charge in [0, 0.05) is 18.7 Å². The number of benzene rings is 1. The van der Waals surface area contributed by atoms with Crippen LogP contribution in [0.2, 0.25) is 0 Å². The lowest BCUT2D eigenvalue weighted by atomic mass is 9.95. The Morgan fingerprint density at radius 2 is 2.15 bits per heavy atom. The third kappa shape index (κ3) is 2.38. The molecule has 2 unspecified atom stereocenters. The molecule has 2 heterocycles. The van der Waals surface area contributed by atoms with Crippen LogP contribution in [0.25, 0.3) is 0 Å². The zero-order valence-corrected chi connectivity index (χ0v) is 13.8. The first-order valence-electron chi connectivity index (χ1n) is 6.63. The van der Waals surface area contributed by atoms with Crippen LogP contribution in [0.4, 0.5) is 4.39 Å². The van der Waals surface area contributed by atoms with Crippen LogP contribution in [0.3, 0.4) is 0 Å². The van der Waals surface area contributed by atoms with E-state index in [0.717, 1.165) is 36.7 Å². The van der Waals surface area contributed by atoms with Gasteiger partial charge in [-0.1, -0.05) is 30.8 Å². The van der Waals surface area contributed by atoms with E-state index in [4.69, 9.17) is 0 Å². The zero-order valence-electron chi connectivity index (χ0n) is 11.3. The second kappa shape index (κ2) is 6.03. The van der Waals surface area contributed by atoms with E-state index in [2.05, 4.69) is 11.9 Å². The summed E-state index contributed by atoms with van der Waals surface area (Å²) in [5, 5.41) is 12.2. The van der Waals surface area contributed by atoms with Gasteiger partial charge in [0.1, 0.15) is 5.82 Å². The Hall–Kier alpha value is -0.590. The van der Waals surface area contributed by atoms with Crippen molar-refractivity contribution in [1.82, 2.24) is 4.90 Å². The molecule has 2 atom stereocenters. The van der Waals surface area contributed by atoms with E-state index in [1.54, 1.807) is 23.9 Å². The Bertz CT molecular complexity index is 510. The first-order chi connectivity index (χ1) is 9.16.